The summed E-state index contributed by atoms with van der Waals surface area (Å²) in [5, 5.41) is 16.0. The number of methoxy groups -OCH3 is 2. The molecule has 19 heteroatoms. The molecule has 0 spiro atoms. The zero-order valence-corrected chi connectivity index (χ0v) is 28.3. The third kappa shape index (κ3) is 12.0. The number of nitrogens with zero attached hydrogens (tertiary/aromatic N) is 3. The quantitative estimate of drug-likeness (QED) is 0.0399. The van der Waals surface area contributed by atoms with E-state index in [1.807, 2.05) is 0 Å². The van der Waals surface area contributed by atoms with Gasteiger partial charge in [-0.05, 0) is 38.1 Å². The van der Waals surface area contributed by atoms with Gasteiger partial charge >= 0.3 is 5.97 Å². The second-order valence-corrected chi connectivity index (χ2v) is 10.5. The van der Waals surface area contributed by atoms with Gasteiger partial charge in [-0.15, -0.1) is 22.7 Å². The molecule has 8 N–H and O–H groups in total. The van der Waals surface area contributed by atoms with Crippen LogP contribution in [-0.4, -0.2) is 77.0 Å². The fourth-order valence-corrected chi connectivity index (χ4v) is 4.65. The van der Waals surface area contributed by atoms with Crippen molar-refractivity contribution < 1.29 is 38.5 Å². The Balaban J connectivity index is 0.000000260. The molecular formula is C30H34N8O9S2. The van der Waals surface area contributed by atoms with Crippen molar-refractivity contribution in [3.63, 3.8) is 0 Å². The van der Waals surface area contributed by atoms with Crippen LogP contribution in [0.25, 0.3) is 22.4 Å². The summed E-state index contributed by atoms with van der Waals surface area (Å²) < 4.78 is 14.5. The number of rotatable bonds is 10. The van der Waals surface area contributed by atoms with Crippen molar-refractivity contribution >= 4 is 79.9 Å². The molecular weight excluding hydrogens is 681 g/mol. The predicted octanol–water partition coefficient (Wildman–Crippen LogP) is 2.94. The van der Waals surface area contributed by atoms with E-state index < -0.39 is 11.8 Å². The molecule has 0 saturated heterocycles. The Morgan fingerprint density at radius 1 is 0.898 bits per heavy atom. The zero-order chi connectivity index (χ0) is 36.3. The Morgan fingerprint density at radius 2 is 1.49 bits per heavy atom. The lowest BCUT2D eigenvalue weighted by molar-refractivity contribution is -0.137. The summed E-state index contributed by atoms with van der Waals surface area (Å²) in [4.78, 5) is 69.8. The monoisotopic (exact) mass is 714 g/mol. The van der Waals surface area contributed by atoms with E-state index in [4.69, 9.17) is 26.0 Å². The molecule has 49 heavy (non-hydrogen) atoms. The van der Waals surface area contributed by atoms with Crippen molar-refractivity contribution in [2.45, 2.75) is 13.8 Å². The van der Waals surface area contributed by atoms with E-state index in [1.54, 1.807) is 69.8 Å². The molecule has 17 nitrogen and oxygen atoms in total. The Bertz CT molecular complexity index is 1910. The van der Waals surface area contributed by atoms with Crippen LogP contribution in [0.4, 0.5) is 21.6 Å². The maximum Gasteiger partial charge on any atom is 0.381 e. The average Bonchev–Trinajstić information content (AvgIpc) is 3.76. The zero-order valence-electron chi connectivity index (χ0n) is 26.7. The van der Waals surface area contributed by atoms with Gasteiger partial charge in [0.25, 0.3) is 11.3 Å². The Labute approximate surface area is 287 Å². The smallest absolute Gasteiger partial charge is 0.381 e. The first kappa shape index (κ1) is 39.3. The number of fused-ring (bicyclic) bond motifs is 1. The number of H-pyrrole nitrogens is 1. The number of nitrogens with two attached hydrogens (primary N) is 2. The summed E-state index contributed by atoms with van der Waals surface area (Å²) in [6.07, 6.45) is 0.977. The molecule has 2 aromatic carbocycles. The number of aliphatic hydroxyl groups is 1. The Morgan fingerprint density at radius 3 is 2.08 bits per heavy atom. The van der Waals surface area contributed by atoms with Gasteiger partial charge in [-0.25, -0.2) is 19.7 Å². The summed E-state index contributed by atoms with van der Waals surface area (Å²) in [5.41, 5.74) is 13.6. The molecule has 5 rings (SSSR count). The van der Waals surface area contributed by atoms with Gasteiger partial charge in [-0.3, -0.25) is 19.2 Å². The molecule has 0 bridgehead atoms. The minimum atomic E-state index is -0.944. The Hall–Kier alpha value is -5.92. The number of carbonyl (C=O) groups is 4. The number of aromatic nitrogens is 4. The van der Waals surface area contributed by atoms with E-state index in [9.17, 15) is 24.0 Å². The maximum absolute atomic E-state index is 12.1. The number of Topliss-reactive ketones (excluding diaryl/α,β-unsaturated/α-hetero) is 1. The Kier molecular flexibility index (Phi) is 16.3. The van der Waals surface area contributed by atoms with Gasteiger partial charge in [0.05, 0.1) is 43.2 Å². The summed E-state index contributed by atoms with van der Waals surface area (Å²) in [6.45, 7) is 3.67. The maximum atomic E-state index is 12.1. The van der Waals surface area contributed by atoms with Crippen LogP contribution in [0.3, 0.4) is 0 Å². The van der Waals surface area contributed by atoms with Crippen molar-refractivity contribution in [3.05, 3.63) is 63.2 Å². The number of anilines is 4. The SMILES string of the molecule is CCO.CCOC(=O)C(=O)c1csc(NC=O)n1.COc1ccc(N)c(N)c1.COc1ccc2nc(-c3csc(NC=O)n3)c(=O)[nH]c2c1. The topological polar surface area (TPSA) is 264 Å². The third-order valence-electron chi connectivity index (χ3n) is 5.50. The molecule has 0 radical (unpaired) electrons. The fraction of sp³-hybridized carbons (Fsp3) is 0.200. The normalized spacial score (nSPS) is 9.65. The highest BCUT2D eigenvalue weighted by Crippen LogP contribution is 2.23. The summed E-state index contributed by atoms with van der Waals surface area (Å²) in [5.74, 6) is -0.391. The van der Waals surface area contributed by atoms with Crippen molar-refractivity contribution in [1.82, 2.24) is 19.9 Å². The molecule has 0 aliphatic rings. The van der Waals surface area contributed by atoms with Crippen molar-refractivity contribution in [2.24, 2.45) is 0 Å². The molecule has 3 aromatic heterocycles. The number of hydrogen-bond acceptors (Lipinski definition) is 16. The predicted molar refractivity (Wildman–Crippen MR) is 187 cm³/mol. The number of nitrogens with one attached hydrogen (secondary N) is 3. The molecule has 0 unspecified atom stereocenters. The number of ketones is 1. The first-order chi connectivity index (χ1) is 23.5. The van der Waals surface area contributed by atoms with Gasteiger partial charge in [-0.1, -0.05) is 0 Å². The number of thiazole rings is 2. The molecule has 0 saturated carbocycles. The molecule has 0 aliphatic carbocycles. The van der Waals surface area contributed by atoms with Crippen LogP contribution in [-0.2, 0) is 19.1 Å². The van der Waals surface area contributed by atoms with Crippen LogP contribution in [0, 0.1) is 0 Å². The van der Waals surface area contributed by atoms with Gasteiger partial charge in [0, 0.05) is 29.5 Å². The van der Waals surface area contributed by atoms with Crippen LogP contribution < -0.4 is 37.1 Å². The van der Waals surface area contributed by atoms with Crippen molar-refractivity contribution in [2.75, 3.05) is 49.5 Å². The molecule has 0 aliphatic heterocycles. The van der Waals surface area contributed by atoms with Crippen molar-refractivity contribution in [3.8, 4) is 22.9 Å². The number of aromatic amines is 1. The number of amides is 2. The summed E-state index contributed by atoms with van der Waals surface area (Å²) in [6, 6.07) is 10.4. The average molecular weight is 715 g/mol. The van der Waals surface area contributed by atoms with Crippen LogP contribution in [0.15, 0.2) is 52.0 Å². The van der Waals surface area contributed by atoms with Crippen LogP contribution >= 0.6 is 22.7 Å². The largest absolute Gasteiger partial charge is 0.497 e. The van der Waals surface area contributed by atoms with Gasteiger partial charge < -0.3 is 46.4 Å². The molecule has 3 heterocycles. The van der Waals surface area contributed by atoms with Crippen molar-refractivity contribution in [1.29, 1.82) is 0 Å². The van der Waals surface area contributed by atoms with Crippen LogP contribution in [0.2, 0.25) is 0 Å². The highest BCUT2D eigenvalue weighted by atomic mass is 32.1. The number of esters is 1. The van der Waals surface area contributed by atoms with E-state index in [0.717, 1.165) is 17.1 Å². The van der Waals surface area contributed by atoms with Gasteiger partial charge in [0.1, 0.15) is 22.9 Å². The third-order valence-corrected chi connectivity index (χ3v) is 7.05. The lowest BCUT2D eigenvalue weighted by Crippen LogP contribution is -2.17. The highest BCUT2D eigenvalue weighted by Gasteiger charge is 2.20. The molecule has 5 aromatic rings. The number of ether oxygens (including phenoxy) is 3. The van der Waals surface area contributed by atoms with Gasteiger partial charge in [-0.2, -0.15) is 0 Å². The van der Waals surface area contributed by atoms with E-state index in [2.05, 4.69) is 35.3 Å². The second-order valence-electron chi connectivity index (χ2n) is 8.76. The minimum absolute atomic E-state index is 0.0252. The first-order valence-electron chi connectivity index (χ1n) is 14.0. The number of carbonyl (C=O) groups excluding carboxylic acids is 4. The summed E-state index contributed by atoms with van der Waals surface area (Å²) >= 11 is 2.28. The van der Waals surface area contributed by atoms with Crippen LogP contribution in [0.1, 0.15) is 24.3 Å². The van der Waals surface area contributed by atoms with E-state index in [0.29, 0.717) is 51.8 Å². The lowest BCUT2D eigenvalue weighted by atomic mass is 10.2. The number of benzene rings is 2. The molecule has 0 atom stereocenters. The van der Waals surface area contributed by atoms with Gasteiger partial charge in [0.15, 0.2) is 16.0 Å². The van der Waals surface area contributed by atoms with E-state index in [1.165, 1.54) is 16.7 Å². The minimum Gasteiger partial charge on any atom is -0.497 e. The standard InChI is InChI=1S/C13H10N4O3S.C8H8N2O4S.C7H10N2O.C2H6O/c1-20-7-2-3-8-9(4-7)16-12(19)11(15-8)10-5-21-13(17-10)14-6-18;1-2-14-7(13)6(12)5-3-15-8(10-5)9-4-11;1-10-5-2-3-6(8)7(9)4-5;1-2-3/h2-6H,1H3,(H,16,19)(H,14,17,18);3-4H,2H2,1H3,(H,9,10,11);2-4H,8-9H2,1H3;3H,2H2,1H3. The number of aliphatic hydroxyl groups excluding tert-OH is 1. The molecule has 0 fully saturated rings. The molecule has 260 valence electrons. The second kappa shape index (κ2) is 20.3. The fourth-order valence-electron chi connectivity index (χ4n) is 3.34. The first-order valence-corrected chi connectivity index (χ1v) is 15.7. The van der Waals surface area contributed by atoms with E-state index in [-0.39, 0.29) is 35.3 Å². The number of nitrogen functional groups attached to an aromatic ring is 2. The lowest BCUT2D eigenvalue weighted by Gasteiger charge is -2.03. The van der Waals surface area contributed by atoms with Crippen LogP contribution in [0.5, 0.6) is 11.5 Å². The summed E-state index contributed by atoms with van der Waals surface area (Å²) in [7, 11) is 3.14. The van der Waals surface area contributed by atoms with Gasteiger partial charge in [0.2, 0.25) is 12.8 Å². The van der Waals surface area contributed by atoms with E-state index >= 15 is 0 Å². The highest BCUT2D eigenvalue weighted by molar-refractivity contribution is 7.14. The number of hydrogen-bond donors (Lipinski definition) is 6. The molecule has 2 amide bonds.